The first kappa shape index (κ1) is 20.2. The molecular formula is C17H23F3N4O2. The van der Waals surface area contributed by atoms with Crippen molar-refractivity contribution in [3.8, 4) is 0 Å². The van der Waals surface area contributed by atoms with Gasteiger partial charge >= 0.3 is 12.2 Å². The second-order valence-corrected chi connectivity index (χ2v) is 6.20. The Morgan fingerprint density at radius 1 is 1.00 bits per heavy atom. The number of amides is 3. The van der Waals surface area contributed by atoms with E-state index in [1.54, 1.807) is 5.32 Å². The maximum absolute atomic E-state index is 12.0. The van der Waals surface area contributed by atoms with E-state index in [0.29, 0.717) is 13.1 Å². The first-order chi connectivity index (χ1) is 12.3. The molecule has 0 spiro atoms. The smallest absolute Gasteiger partial charge is 0.329 e. The lowest BCUT2D eigenvalue weighted by molar-refractivity contribution is -0.125. The van der Waals surface area contributed by atoms with Crippen molar-refractivity contribution in [3.05, 3.63) is 35.9 Å². The highest BCUT2D eigenvalue weighted by atomic mass is 19.4. The predicted molar refractivity (Wildman–Crippen MR) is 90.6 cm³/mol. The first-order valence-electron chi connectivity index (χ1n) is 8.45. The third-order valence-electron chi connectivity index (χ3n) is 4.09. The van der Waals surface area contributed by atoms with Crippen LogP contribution >= 0.6 is 0 Å². The van der Waals surface area contributed by atoms with Crippen LogP contribution in [-0.2, 0) is 11.2 Å². The van der Waals surface area contributed by atoms with Gasteiger partial charge in [0.15, 0.2) is 0 Å². The summed E-state index contributed by atoms with van der Waals surface area (Å²) in [5, 5.41) is 3.52. The maximum atomic E-state index is 12.0. The van der Waals surface area contributed by atoms with Gasteiger partial charge in [0, 0.05) is 32.7 Å². The van der Waals surface area contributed by atoms with Crippen molar-refractivity contribution in [2.45, 2.75) is 12.6 Å². The van der Waals surface area contributed by atoms with Crippen LogP contribution in [0.3, 0.4) is 0 Å². The molecule has 0 aliphatic carbocycles. The summed E-state index contributed by atoms with van der Waals surface area (Å²) < 4.78 is 36.0. The third kappa shape index (κ3) is 7.83. The highest BCUT2D eigenvalue weighted by Gasteiger charge is 2.28. The number of carbonyl (C=O) groups is 2. The molecule has 2 rings (SSSR count). The number of piperazine rings is 1. The Labute approximate surface area is 150 Å². The average molecular weight is 372 g/mol. The van der Waals surface area contributed by atoms with Gasteiger partial charge in [-0.1, -0.05) is 30.3 Å². The second-order valence-electron chi connectivity index (χ2n) is 6.20. The largest absolute Gasteiger partial charge is 0.405 e. The van der Waals surface area contributed by atoms with E-state index in [9.17, 15) is 22.8 Å². The highest BCUT2D eigenvalue weighted by molar-refractivity contribution is 5.95. The number of nitrogens with one attached hydrogen (secondary N) is 2. The molecule has 1 aliphatic heterocycles. The van der Waals surface area contributed by atoms with E-state index >= 15 is 0 Å². The van der Waals surface area contributed by atoms with E-state index in [0.717, 1.165) is 26.1 Å². The molecule has 26 heavy (non-hydrogen) atoms. The fraction of sp³-hybridized carbons (Fsp3) is 0.529. The van der Waals surface area contributed by atoms with Gasteiger partial charge in [0.05, 0.1) is 6.54 Å². The SMILES string of the molecule is O=C(CN1CCN(CCc2ccccc2)CC1)NC(=O)NCC(F)(F)F. The number of urea groups is 1. The Balaban J connectivity index is 1.62. The molecule has 2 N–H and O–H groups in total. The molecule has 0 bridgehead atoms. The van der Waals surface area contributed by atoms with E-state index < -0.39 is 24.7 Å². The summed E-state index contributed by atoms with van der Waals surface area (Å²) >= 11 is 0. The molecule has 144 valence electrons. The van der Waals surface area contributed by atoms with Crippen LogP contribution < -0.4 is 10.6 Å². The third-order valence-corrected chi connectivity index (χ3v) is 4.09. The lowest BCUT2D eigenvalue weighted by Gasteiger charge is -2.34. The van der Waals surface area contributed by atoms with Crippen LogP contribution in [0.1, 0.15) is 5.56 Å². The van der Waals surface area contributed by atoms with Gasteiger partial charge < -0.3 is 10.2 Å². The van der Waals surface area contributed by atoms with Crippen LogP contribution in [0.5, 0.6) is 0 Å². The minimum absolute atomic E-state index is 0.00797. The molecule has 0 atom stereocenters. The average Bonchev–Trinajstić information content (AvgIpc) is 2.60. The summed E-state index contributed by atoms with van der Waals surface area (Å²) in [4.78, 5) is 27.2. The summed E-state index contributed by atoms with van der Waals surface area (Å²) in [6.45, 7) is 2.42. The molecule has 1 fully saturated rings. The number of hydrogen-bond acceptors (Lipinski definition) is 4. The van der Waals surface area contributed by atoms with Crippen LogP contribution in [0, 0.1) is 0 Å². The summed E-state index contributed by atoms with van der Waals surface area (Å²) in [5.74, 6) is -0.609. The van der Waals surface area contributed by atoms with Gasteiger partial charge in [0.2, 0.25) is 5.91 Å². The molecule has 0 radical (unpaired) electrons. The molecule has 0 aromatic heterocycles. The maximum Gasteiger partial charge on any atom is 0.405 e. The minimum atomic E-state index is -4.50. The first-order valence-corrected chi connectivity index (χ1v) is 8.45. The quantitative estimate of drug-likeness (QED) is 0.789. The Morgan fingerprint density at radius 3 is 2.23 bits per heavy atom. The van der Waals surface area contributed by atoms with Crippen molar-refractivity contribution < 1.29 is 22.8 Å². The van der Waals surface area contributed by atoms with Crippen molar-refractivity contribution in [3.63, 3.8) is 0 Å². The Morgan fingerprint density at radius 2 is 1.62 bits per heavy atom. The van der Waals surface area contributed by atoms with Gasteiger partial charge in [-0.15, -0.1) is 0 Å². The highest BCUT2D eigenvalue weighted by Crippen LogP contribution is 2.11. The zero-order chi connectivity index (χ0) is 19.0. The lowest BCUT2D eigenvalue weighted by atomic mass is 10.1. The standard InChI is InChI=1S/C17H23F3N4O2/c18-17(19,20)13-21-16(26)22-15(25)12-24-10-8-23(9-11-24)7-6-14-4-2-1-3-5-14/h1-5H,6-13H2,(H2,21,22,25,26). The van der Waals surface area contributed by atoms with Crippen LogP contribution in [0.25, 0.3) is 0 Å². The fourth-order valence-electron chi connectivity index (χ4n) is 2.70. The van der Waals surface area contributed by atoms with Crippen LogP contribution in [0.4, 0.5) is 18.0 Å². The molecule has 9 heteroatoms. The predicted octanol–water partition coefficient (Wildman–Crippen LogP) is 1.23. The molecule has 1 saturated heterocycles. The van der Waals surface area contributed by atoms with Gasteiger partial charge in [0.1, 0.15) is 6.54 Å². The van der Waals surface area contributed by atoms with Gasteiger partial charge in [-0.2, -0.15) is 13.2 Å². The van der Waals surface area contributed by atoms with E-state index in [1.165, 1.54) is 5.56 Å². The Bertz CT molecular complexity index is 587. The van der Waals surface area contributed by atoms with Crippen molar-refractivity contribution in [2.24, 2.45) is 0 Å². The zero-order valence-corrected chi connectivity index (χ0v) is 14.4. The lowest BCUT2D eigenvalue weighted by Crippen LogP contribution is -2.51. The topological polar surface area (TPSA) is 64.7 Å². The normalized spacial score (nSPS) is 16.3. The summed E-state index contributed by atoms with van der Waals surface area (Å²) in [7, 11) is 0. The number of halogens is 3. The fourth-order valence-corrected chi connectivity index (χ4v) is 2.70. The van der Waals surface area contributed by atoms with E-state index in [-0.39, 0.29) is 6.54 Å². The van der Waals surface area contributed by atoms with Crippen LogP contribution in [0.2, 0.25) is 0 Å². The van der Waals surface area contributed by atoms with E-state index in [4.69, 9.17) is 0 Å². The van der Waals surface area contributed by atoms with Crippen molar-refractivity contribution in [1.29, 1.82) is 0 Å². The number of benzene rings is 1. The monoisotopic (exact) mass is 372 g/mol. The van der Waals surface area contributed by atoms with Crippen LogP contribution in [0.15, 0.2) is 30.3 Å². The molecular weight excluding hydrogens is 349 g/mol. The Hall–Kier alpha value is -2.13. The molecule has 3 amide bonds. The van der Waals surface area contributed by atoms with Crippen LogP contribution in [-0.4, -0.2) is 73.7 Å². The van der Waals surface area contributed by atoms with Crippen molar-refractivity contribution in [2.75, 3.05) is 45.8 Å². The second kappa shape index (κ2) is 9.54. The molecule has 0 saturated carbocycles. The van der Waals surface area contributed by atoms with Gasteiger partial charge in [0.25, 0.3) is 0 Å². The number of carbonyl (C=O) groups excluding carboxylic acids is 2. The molecule has 1 heterocycles. The number of rotatable bonds is 6. The number of alkyl halides is 3. The summed E-state index contributed by atoms with van der Waals surface area (Å²) in [5.41, 5.74) is 1.28. The molecule has 0 unspecified atom stereocenters. The Kier molecular flexibility index (Phi) is 7.40. The van der Waals surface area contributed by atoms with E-state index in [2.05, 4.69) is 17.0 Å². The molecule has 1 aromatic carbocycles. The summed E-state index contributed by atoms with van der Waals surface area (Å²) in [6, 6.07) is 9.05. The molecule has 6 nitrogen and oxygen atoms in total. The molecule has 1 aliphatic rings. The molecule has 1 aromatic rings. The van der Waals surface area contributed by atoms with Gasteiger partial charge in [-0.3, -0.25) is 15.0 Å². The number of imide groups is 1. The number of nitrogens with zero attached hydrogens (tertiary/aromatic N) is 2. The number of hydrogen-bond donors (Lipinski definition) is 2. The van der Waals surface area contributed by atoms with Gasteiger partial charge in [-0.25, -0.2) is 4.79 Å². The van der Waals surface area contributed by atoms with Crippen molar-refractivity contribution >= 4 is 11.9 Å². The van der Waals surface area contributed by atoms with Crippen molar-refractivity contribution in [1.82, 2.24) is 20.4 Å². The summed E-state index contributed by atoms with van der Waals surface area (Å²) in [6.07, 6.45) is -3.54. The van der Waals surface area contributed by atoms with Gasteiger partial charge in [-0.05, 0) is 12.0 Å². The van der Waals surface area contributed by atoms with E-state index in [1.807, 2.05) is 28.4 Å². The minimum Gasteiger partial charge on any atom is -0.329 e. The zero-order valence-electron chi connectivity index (χ0n) is 14.4.